The van der Waals surface area contributed by atoms with Crippen molar-refractivity contribution in [2.24, 2.45) is 11.3 Å². The molecule has 3 atom stereocenters. The fraction of sp³-hybridized carbons (Fsp3) is 1.00. The molecule has 22 heavy (non-hydrogen) atoms. The van der Waals surface area contributed by atoms with E-state index in [0.717, 1.165) is 5.92 Å². The third-order valence-electron chi connectivity index (χ3n) is 4.59. The van der Waals surface area contributed by atoms with E-state index < -0.39 is 16.5 Å². The standard InChI is InChI=1S/C15H32.H4O5P2/c1-6-10-12-15(9-4,13-11-7-2)14(5)8-3;1-6(2)5-7(3)4/h14H,6-13H2,1-5H3;6-7H,(H,1,2)(H,3,4). The lowest BCUT2D eigenvalue weighted by molar-refractivity contribution is 0.121. The molecule has 0 saturated heterocycles. The monoisotopic (exact) mass is 358 g/mol. The number of hydrogen-bond donors (Lipinski definition) is 2. The molecule has 0 heterocycles. The van der Waals surface area contributed by atoms with Crippen molar-refractivity contribution < 1.29 is 23.2 Å². The Labute approximate surface area is 137 Å². The molecule has 2 N–H and O–H groups in total. The fourth-order valence-electron chi connectivity index (χ4n) is 2.89. The predicted octanol–water partition coefficient (Wildman–Crippen LogP) is 5.58. The summed E-state index contributed by atoms with van der Waals surface area (Å²) in [4.78, 5) is 15.4. The molecule has 0 spiro atoms. The molecule has 136 valence electrons. The molecular formula is C15H36O5P2. The van der Waals surface area contributed by atoms with Gasteiger partial charge in [0, 0.05) is 0 Å². The van der Waals surface area contributed by atoms with Gasteiger partial charge in [-0.05, 0) is 24.2 Å². The zero-order valence-corrected chi connectivity index (χ0v) is 16.9. The lowest BCUT2D eigenvalue weighted by atomic mass is 9.67. The van der Waals surface area contributed by atoms with E-state index in [1.54, 1.807) is 0 Å². The van der Waals surface area contributed by atoms with Crippen LogP contribution < -0.4 is 0 Å². The Bertz CT molecular complexity index is 290. The summed E-state index contributed by atoms with van der Waals surface area (Å²) in [6.45, 7) is 11.9. The van der Waals surface area contributed by atoms with Crippen LogP contribution in [0, 0.1) is 11.3 Å². The van der Waals surface area contributed by atoms with E-state index in [9.17, 15) is 9.13 Å². The van der Waals surface area contributed by atoms with Crippen molar-refractivity contribution in [3.8, 4) is 0 Å². The quantitative estimate of drug-likeness (QED) is 0.471. The molecule has 5 nitrogen and oxygen atoms in total. The van der Waals surface area contributed by atoms with Crippen molar-refractivity contribution in [3.63, 3.8) is 0 Å². The second-order valence-electron chi connectivity index (χ2n) is 5.87. The van der Waals surface area contributed by atoms with Crippen LogP contribution in [0.1, 0.15) is 86.0 Å². The van der Waals surface area contributed by atoms with Crippen LogP contribution in [0.2, 0.25) is 0 Å². The minimum Gasteiger partial charge on any atom is -0.326 e. The summed E-state index contributed by atoms with van der Waals surface area (Å²) in [5.74, 6) is 0.903. The van der Waals surface area contributed by atoms with Gasteiger partial charge < -0.3 is 9.79 Å². The normalized spacial score (nSPS) is 15.6. The molecule has 0 saturated carbocycles. The summed E-state index contributed by atoms with van der Waals surface area (Å²) in [5.41, 5.74) is 0.654. The summed E-state index contributed by atoms with van der Waals surface area (Å²) in [5, 5.41) is 0. The van der Waals surface area contributed by atoms with Crippen LogP contribution in [0.3, 0.4) is 0 Å². The molecule has 0 aromatic carbocycles. The van der Waals surface area contributed by atoms with Gasteiger partial charge in [0.05, 0.1) is 0 Å². The van der Waals surface area contributed by atoms with Gasteiger partial charge in [0.1, 0.15) is 0 Å². The van der Waals surface area contributed by atoms with Crippen LogP contribution in [-0.2, 0) is 13.4 Å². The Balaban J connectivity index is 0. The molecule has 0 bridgehead atoms. The van der Waals surface area contributed by atoms with Gasteiger partial charge in [0.25, 0.3) is 0 Å². The maximum Gasteiger partial charge on any atom is 0.323 e. The molecular weight excluding hydrogens is 322 g/mol. The summed E-state index contributed by atoms with van der Waals surface area (Å²) in [6, 6.07) is 0. The van der Waals surface area contributed by atoms with Crippen molar-refractivity contribution in [2.45, 2.75) is 86.0 Å². The third-order valence-corrected chi connectivity index (χ3v) is 5.99. The summed E-state index contributed by atoms with van der Waals surface area (Å²) < 4.78 is 22.3. The number of rotatable bonds is 11. The van der Waals surface area contributed by atoms with Crippen LogP contribution in [0.4, 0.5) is 0 Å². The van der Waals surface area contributed by atoms with E-state index in [1.165, 1.54) is 51.4 Å². The van der Waals surface area contributed by atoms with E-state index in [4.69, 9.17) is 9.79 Å². The van der Waals surface area contributed by atoms with Crippen LogP contribution in [0.15, 0.2) is 0 Å². The molecule has 0 aromatic rings. The summed E-state index contributed by atoms with van der Waals surface area (Å²) in [7, 11) is -6.40. The molecule has 0 aliphatic heterocycles. The molecule has 0 amide bonds. The van der Waals surface area contributed by atoms with E-state index in [0.29, 0.717) is 5.41 Å². The third kappa shape index (κ3) is 11.8. The molecule has 0 radical (unpaired) electrons. The van der Waals surface area contributed by atoms with Crippen molar-refractivity contribution in [1.82, 2.24) is 0 Å². The van der Waals surface area contributed by atoms with E-state index in [-0.39, 0.29) is 0 Å². The first-order valence-electron chi connectivity index (χ1n) is 8.43. The van der Waals surface area contributed by atoms with Crippen LogP contribution in [0.25, 0.3) is 0 Å². The number of hydrogen-bond acceptors (Lipinski definition) is 3. The summed E-state index contributed by atoms with van der Waals surface area (Å²) in [6.07, 6.45) is 11.2. The van der Waals surface area contributed by atoms with Gasteiger partial charge >= 0.3 is 16.5 Å². The first-order chi connectivity index (χ1) is 10.3. The summed E-state index contributed by atoms with van der Waals surface area (Å²) >= 11 is 0. The van der Waals surface area contributed by atoms with Gasteiger partial charge in [-0.3, -0.25) is 9.13 Å². The van der Waals surface area contributed by atoms with Crippen LogP contribution >= 0.6 is 16.5 Å². The highest BCUT2D eigenvalue weighted by Gasteiger charge is 2.31. The SMILES string of the molecule is CCCCC(CC)(CCCC)C(C)CC.O=[PH](O)O[PH](=O)O. The van der Waals surface area contributed by atoms with Gasteiger partial charge in [-0.25, -0.2) is 4.31 Å². The van der Waals surface area contributed by atoms with Gasteiger partial charge in [0.15, 0.2) is 0 Å². The maximum atomic E-state index is 9.44. The number of unbranched alkanes of at least 4 members (excludes halogenated alkanes) is 2. The van der Waals surface area contributed by atoms with Crippen LogP contribution in [0.5, 0.6) is 0 Å². The Morgan fingerprint density at radius 2 is 1.36 bits per heavy atom. The van der Waals surface area contributed by atoms with Crippen LogP contribution in [-0.4, -0.2) is 9.79 Å². The average molecular weight is 358 g/mol. The fourth-order valence-corrected chi connectivity index (χ4v) is 3.48. The highest BCUT2D eigenvalue weighted by molar-refractivity contribution is 7.46. The molecule has 0 aliphatic carbocycles. The van der Waals surface area contributed by atoms with Crippen molar-refractivity contribution in [3.05, 3.63) is 0 Å². The van der Waals surface area contributed by atoms with E-state index in [2.05, 4.69) is 38.9 Å². The maximum absolute atomic E-state index is 9.44. The zero-order chi connectivity index (χ0) is 17.6. The Kier molecular flexibility index (Phi) is 16.7. The second kappa shape index (κ2) is 14.9. The van der Waals surface area contributed by atoms with Gasteiger partial charge in [-0.1, -0.05) is 73.1 Å². The van der Waals surface area contributed by atoms with Gasteiger partial charge in [-0.15, -0.1) is 0 Å². The first-order valence-corrected chi connectivity index (χ1v) is 11.0. The molecule has 0 aliphatic rings. The molecule has 0 rings (SSSR count). The average Bonchev–Trinajstić information content (AvgIpc) is 2.46. The molecule has 0 fully saturated rings. The van der Waals surface area contributed by atoms with Gasteiger partial charge in [0.2, 0.25) is 0 Å². The smallest absolute Gasteiger partial charge is 0.323 e. The zero-order valence-electron chi connectivity index (χ0n) is 14.9. The topological polar surface area (TPSA) is 83.8 Å². The van der Waals surface area contributed by atoms with E-state index in [1.807, 2.05) is 0 Å². The van der Waals surface area contributed by atoms with E-state index >= 15 is 0 Å². The van der Waals surface area contributed by atoms with Gasteiger partial charge in [-0.2, -0.15) is 0 Å². The van der Waals surface area contributed by atoms with Crippen molar-refractivity contribution in [2.75, 3.05) is 0 Å². The minimum absolute atomic E-state index is 0.654. The molecule has 3 unspecified atom stereocenters. The Morgan fingerprint density at radius 3 is 1.55 bits per heavy atom. The molecule has 7 heteroatoms. The highest BCUT2D eigenvalue weighted by atomic mass is 31.2. The predicted molar refractivity (Wildman–Crippen MR) is 94.8 cm³/mol. The highest BCUT2D eigenvalue weighted by Crippen LogP contribution is 2.43. The first kappa shape index (κ1) is 24.6. The molecule has 0 aromatic heterocycles. The second-order valence-corrected chi connectivity index (χ2v) is 7.75. The Hall–Kier alpha value is 0.340. The van der Waals surface area contributed by atoms with Crippen molar-refractivity contribution >= 4 is 16.5 Å². The largest absolute Gasteiger partial charge is 0.326 e. The van der Waals surface area contributed by atoms with Crippen molar-refractivity contribution in [1.29, 1.82) is 0 Å². The lowest BCUT2D eigenvalue weighted by Crippen LogP contribution is -2.28. The lowest BCUT2D eigenvalue weighted by Gasteiger charge is -2.39. The minimum atomic E-state index is -3.20. The Morgan fingerprint density at radius 1 is 0.955 bits per heavy atom.